The molecule has 0 bridgehead atoms. The van der Waals surface area contributed by atoms with Crippen molar-refractivity contribution < 1.29 is 8.42 Å². The minimum absolute atomic E-state index is 0.112. The van der Waals surface area contributed by atoms with Gasteiger partial charge in [-0.3, -0.25) is 4.72 Å². The van der Waals surface area contributed by atoms with E-state index in [1.54, 1.807) is 12.1 Å². The predicted octanol–water partition coefficient (Wildman–Crippen LogP) is 4.24. The Hall–Kier alpha value is -1.67. The monoisotopic (exact) mass is 399 g/mol. The number of hydrogen-bond donors (Lipinski definition) is 1. The third-order valence-corrected chi connectivity index (χ3v) is 5.91. The summed E-state index contributed by atoms with van der Waals surface area (Å²) in [6, 6.07) is 13.3. The molecule has 0 atom stereocenters. The molecule has 1 aromatic heterocycles. The molecule has 0 radical (unpaired) electrons. The van der Waals surface area contributed by atoms with E-state index in [4.69, 9.17) is 23.2 Å². The fraction of sp³-hybridized carbons (Fsp3) is 0.0667. The molecule has 5 nitrogen and oxygen atoms in total. The zero-order valence-electron chi connectivity index (χ0n) is 12.1. The molecule has 24 heavy (non-hydrogen) atoms. The molecule has 3 rings (SSSR count). The van der Waals surface area contributed by atoms with E-state index >= 15 is 0 Å². The fourth-order valence-corrected chi connectivity index (χ4v) is 4.19. The van der Waals surface area contributed by atoms with Crippen LogP contribution in [0.2, 0.25) is 10.0 Å². The zero-order valence-corrected chi connectivity index (χ0v) is 15.3. The van der Waals surface area contributed by atoms with Gasteiger partial charge in [0.25, 0.3) is 10.0 Å². The highest BCUT2D eigenvalue weighted by Crippen LogP contribution is 2.23. The van der Waals surface area contributed by atoms with Crippen LogP contribution < -0.4 is 4.72 Å². The second-order valence-electron chi connectivity index (χ2n) is 4.86. The minimum Gasteiger partial charge on any atom is -0.253 e. The van der Waals surface area contributed by atoms with Crippen molar-refractivity contribution in [1.29, 1.82) is 0 Å². The van der Waals surface area contributed by atoms with Crippen molar-refractivity contribution in [2.75, 3.05) is 4.72 Å². The van der Waals surface area contributed by atoms with Gasteiger partial charge >= 0.3 is 0 Å². The maximum Gasteiger partial charge on any atom is 0.263 e. The lowest BCUT2D eigenvalue weighted by molar-refractivity contribution is 0.601. The van der Waals surface area contributed by atoms with Gasteiger partial charge in [0.1, 0.15) is 5.01 Å². The highest BCUT2D eigenvalue weighted by atomic mass is 35.5. The molecule has 1 heterocycles. The number of nitrogens with zero attached hydrogens (tertiary/aromatic N) is 2. The number of aromatic nitrogens is 2. The topological polar surface area (TPSA) is 72.0 Å². The molecule has 0 saturated carbocycles. The smallest absolute Gasteiger partial charge is 0.253 e. The summed E-state index contributed by atoms with van der Waals surface area (Å²) in [4.78, 5) is 0.112. The Balaban J connectivity index is 1.73. The number of sulfonamides is 1. The van der Waals surface area contributed by atoms with Crippen molar-refractivity contribution >= 4 is 49.7 Å². The van der Waals surface area contributed by atoms with Crippen LogP contribution in [-0.4, -0.2) is 18.6 Å². The summed E-state index contributed by atoms with van der Waals surface area (Å²) in [5.41, 5.74) is 1.02. The van der Waals surface area contributed by atoms with E-state index in [1.807, 2.05) is 12.1 Å². The van der Waals surface area contributed by atoms with E-state index in [9.17, 15) is 8.42 Å². The summed E-state index contributed by atoms with van der Waals surface area (Å²) in [5, 5.41) is 9.94. The van der Waals surface area contributed by atoms with Gasteiger partial charge in [-0.1, -0.05) is 46.7 Å². The maximum absolute atomic E-state index is 12.3. The SMILES string of the molecule is O=S(=O)(Nc1nnc(Cc2ccc(Cl)cc2)s1)c1ccc(Cl)cc1. The van der Waals surface area contributed by atoms with Crippen molar-refractivity contribution in [2.45, 2.75) is 11.3 Å². The fourth-order valence-electron chi connectivity index (χ4n) is 1.93. The van der Waals surface area contributed by atoms with Crippen molar-refractivity contribution in [3.63, 3.8) is 0 Å². The van der Waals surface area contributed by atoms with E-state index in [0.717, 1.165) is 5.56 Å². The van der Waals surface area contributed by atoms with Crippen LogP contribution in [0.15, 0.2) is 53.4 Å². The molecule has 0 saturated heterocycles. The van der Waals surface area contributed by atoms with Crippen molar-refractivity contribution in [3.05, 3.63) is 69.1 Å². The predicted molar refractivity (Wildman–Crippen MR) is 96.4 cm³/mol. The van der Waals surface area contributed by atoms with E-state index in [-0.39, 0.29) is 10.0 Å². The third-order valence-electron chi connectivity index (χ3n) is 3.08. The first-order chi connectivity index (χ1) is 11.4. The second-order valence-corrected chi connectivity index (χ2v) is 8.48. The van der Waals surface area contributed by atoms with Crippen LogP contribution in [0, 0.1) is 0 Å². The normalized spacial score (nSPS) is 11.4. The van der Waals surface area contributed by atoms with Crippen LogP contribution in [-0.2, 0) is 16.4 Å². The van der Waals surface area contributed by atoms with Crippen molar-refractivity contribution in [1.82, 2.24) is 10.2 Å². The van der Waals surface area contributed by atoms with Crippen molar-refractivity contribution in [2.24, 2.45) is 0 Å². The molecular weight excluding hydrogens is 389 g/mol. The molecule has 124 valence electrons. The Morgan fingerprint density at radius 3 is 2.12 bits per heavy atom. The Morgan fingerprint density at radius 2 is 1.50 bits per heavy atom. The standard InChI is InChI=1S/C15H11Cl2N3O2S2/c16-11-3-1-10(2-4-11)9-14-18-19-15(23-14)20-24(21,22)13-7-5-12(17)6-8-13/h1-8H,9H2,(H,19,20). The maximum atomic E-state index is 12.3. The molecule has 0 unspecified atom stereocenters. The summed E-state index contributed by atoms with van der Waals surface area (Å²) in [6.07, 6.45) is 0.553. The van der Waals surface area contributed by atoms with Gasteiger partial charge in [-0.2, -0.15) is 0 Å². The Labute approximate surface area is 153 Å². The summed E-state index contributed by atoms with van der Waals surface area (Å²) in [6.45, 7) is 0. The van der Waals surface area contributed by atoms with Crippen LogP contribution in [0.3, 0.4) is 0 Å². The van der Waals surface area contributed by atoms with Gasteiger partial charge in [0.15, 0.2) is 0 Å². The van der Waals surface area contributed by atoms with Crippen LogP contribution in [0.4, 0.5) is 5.13 Å². The van der Waals surface area contributed by atoms with Crippen molar-refractivity contribution in [3.8, 4) is 0 Å². The Kier molecular flexibility index (Phi) is 5.05. The van der Waals surface area contributed by atoms with Gasteiger partial charge in [0.05, 0.1) is 4.90 Å². The van der Waals surface area contributed by atoms with Crippen LogP contribution in [0.25, 0.3) is 0 Å². The number of rotatable bonds is 5. The molecule has 0 aliphatic rings. The lowest BCUT2D eigenvalue weighted by atomic mass is 10.2. The lowest BCUT2D eigenvalue weighted by Gasteiger charge is -2.04. The average Bonchev–Trinajstić information content (AvgIpc) is 2.96. The second kappa shape index (κ2) is 7.06. The van der Waals surface area contributed by atoms with Gasteiger partial charge in [-0.15, -0.1) is 10.2 Å². The third kappa shape index (κ3) is 4.24. The summed E-state index contributed by atoms with van der Waals surface area (Å²) >= 11 is 12.8. The van der Waals surface area contributed by atoms with Crippen LogP contribution in [0.1, 0.15) is 10.6 Å². The van der Waals surface area contributed by atoms with Gasteiger partial charge in [-0.25, -0.2) is 8.42 Å². The minimum atomic E-state index is -3.71. The Bertz CT molecular complexity index is 940. The number of anilines is 1. The average molecular weight is 400 g/mol. The molecule has 2 aromatic carbocycles. The number of benzene rings is 2. The van der Waals surface area contributed by atoms with Gasteiger partial charge in [-0.05, 0) is 42.0 Å². The molecule has 0 fully saturated rings. The van der Waals surface area contributed by atoms with E-state index in [1.165, 1.54) is 35.6 Å². The highest BCUT2D eigenvalue weighted by molar-refractivity contribution is 7.93. The first-order valence-corrected chi connectivity index (χ1v) is 9.83. The quantitative estimate of drug-likeness (QED) is 0.696. The summed E-state index contributed by atoms with van der Waals surface area (Å²) in [5.74, 6) is 0. The van der Waals surface area contributed by atoms with Gasteiger partial charge < -0.3 is 0 Å². The first kappa shape index (κ1) is 17.2. The largest absolute Gasteiger partial charge is 0.263 e. The number of hydrogen-bond acceptors (Lipinski definition) is 5. The Morgan fingerprint density at radius 1 is 0.917 bits per heavy atom. The summed E-state index contributed by atoms with van der Waals surface area (Å²) < 4.78 is 27.0. The zero-order chi connectivity index (χ0) is 17.2. The van der Waals surface area contributed by atoms with E-state index in [0.29, 0.717) is 21.5 Å². The lowest BCUT2D eigenvalue weighted by Crippen LogP contribution is -2.12. The van der Waals surface area contributed by atoms with Crippen LogP contribution in [0.5, 0.6) is 0 Å². The molecular formula is C15H11Cl2N3O2S2. The first-order valence-electron chi connectivity index (χ1n) is 6.77. The molecule has 9 heteroatoms. The highest BCUT2D eigenvalue weighted by Gasteiger charge is 2.16. The molecule has 1 N–H and O–H groups in total. The summed E-state index contributed by atoms with van der Waals surface area (Å²) in [7, 11) is -3.71. The molecule has 3 aromatic rings. The molecule has 0 amide bonds. The van der Waals surface area contributed by atoms with E-state index < -0.39 is 10.0 Å². The van der Waals surface area contributed by atoms with Gasteiger partial charge in [0.2, 0.25) is 5.13 Å². The number of halogens is 2. The van der Waals surface area contributed by atoms with Gasteiger partial charge in [0, 0.05) is 16.5 Å². The molecule has 0 aliphatic carbocycles. The molecule has 0 aliphatic heterocycles. The van der Waals surface area contributed by atoms with E-state index in [2.05, 4.69) is 14.9 Å². The number of nitrogens with one attached hydrogen (secondary N) is 1. The van der Waals surface area contributed by atoms with Crippen LogP contribution >= 0.6 is 34.5 Å². The molecule has 0 spiro atoms.